The Morgan fingerprint density at radius 2 is 0.716 bits per heavy atom. The van der Waals surface area contributed by atoms with Crippen molar-refractivity contribution < 1.29 is 8.78 Å². The van der Waals surface area contributed by atoms with Crippen LogP contribution in [-0.2, 0) is 0 Å². The summed E-state index contributed by atoms with van der Waals surface area (Å²) in [6.07, 6.45) is 0. The van der Waals surface area contributed by atoms with E-state index < -0.39 is 0 Å². The third kappa shape index (κ3) is 7.37. The van der Waals surface area contributed by atoms with Crippen molar-refractivity contribution in [3.8, 4) is 34.6 Å². The first kappa shape index (κ1) is 43.7. The molecule has 0 spiro atoms. The van der Waals surface area contributed by atoms with Crippen molar-refractivity contribution >= 4 is 88.5 Å². The first-order valence-electron chi connectivity index (χ1n) is 24.2. The maximum absolute atomic E-state index is 14.2. The minimum absolute atomic E-state index is 0.284. The van der Waals surface area contributed by atoms with E-state index in [4.69, 9.17) is 0 Å². The average molecular weight is 955 g/mol. The molecule has 8 heteroatoms. The molecule has 13 aromatic rings. The van der Waals surface area contributed by atoms with Gasteiger partial charge in [-0.2, -0.15) is 10.5 Å². The second-order valence-electron chi connectivity index (χ2n) is 18.3. The van der Waals surface area contributed by atoms with Gasteiger partial charge >= 0.3 is 0 Å². The summed E-state index contributed by atoms with van der Waals surface area (Å²) in [5, 5.41) is 25.9. The molecule has 0 saturated heterocycles. The minimum atomic E-state index is -0.284. The number of halogens is 2. The van der Waals surface area contributed by atoms with Gasteiger partial charge in [-0.3, -0.25) is 0 Å². The van der Waals surface area contributed by atoms with Crippen LogP contribution in [0, 0.1) is 34.3 Å². The van der Waals surface area contributed by atoms with E-state index in [1.54, 1.807) is 12.1 Å². The lowest BCUT2D eigenvalue weighted by atomic mass is 9.96. The molecule has 0 radical (unpaired) electrons. The zero-order valence-electron chi connectivity index (χ0n) is 39.5. The molecule has 0 unspecified atom stereocenters. The van der Waals surface area contributed by atoms with Gasteiger partial charge < -0.3 is 18.9 Å². The van der Waals surface area contributed by atoms with Gasteiger partial charge in [0.1, 0.15) is 11.6 Å². The Labute approximate surface area is 424 Å². The molecule has 74 heavy (non-hydrogen) atoms. The number of aromatic nitrogens is 2. The van der Waals surface area contributed by atoms with Crippen LogP contribution in [0.3, 0.4) is 0 Å². The molecule has 6 nitrogen and oxygen atoms in total. The summed E-state index contributed by atoms with van der Waals surface area (Å²) in [6.45, 7) is 0. The Kier molecular flexibility index (Phi) is 10.5. The minimum Gasteiger partial charge on any atom is -0.310 e. The molecule has 0 bridgehead atoms. The Bertz CT molecular complexity index is 4390. The molecule has 348 valence electrons. The highest BCUT2D eigenvalue weighted by Gasteiger charge is 2.22. The number of nitrogens with zero attached hydrogens (tertiary/aromatic N) is 6. The summed E-state index contributed by atoms with van der Waals surface area (Å²) in [5.74, 6) is -0.568. The van der Waals surface area contributed by atoms with Crippen molar-refractivity contribution in [1.82, 2.24) is 9.13 Å². The molecule has 0 amide bonds. The molecule has 0 atom stereocenters. The normalized spacial score (nSPS) is 11.4. The first-order chi connectivity index (χ1) is 36.4. The lowest BCUT2D eigenvalue weighted by molar-refractivity contribution is 0.627. The number of anilines is 6. The molecular weight excluding hydrogens is 915 g/mol. The van der Waals surface area contributed by atoms with Gasteiger partial charge in [-0.15, -0.1) is 0 Å². The second-order valence-corrected chi connectivity index (χ2v) is 18.3. The van der Waals surface area contributed by atoms with Crippen molar-refractivity contribution in [2.75, 3.05) is 9.80 Å². The van der Waals surface area contributed by atoms with Crippen LogP contribution < -0.4 is 9.80 Å². The van der Waals surface area contributed by atoms with Gasteiger partial charge in [0.15, 0.2) is 0 Å². The van der Waals surface area contributed by atoms with Crippen LogP contribution in [0.15, 0.2) is 243 Å². The molecule has 0 aliphatic heterocycles. The van der Waals surface area contributed by atoms with Gasteiger partial charge in [0.2, 0.25) is 0 Å². The first-order valence-corrected chi connectivity index (χ1v) is 24.2. The molecule has 0 aliphatic carbocycles. The number of rotatable bonds is 9. The fourth-order valence-corrected chi connectivity index (χ4v) is 10.7. The van der Waals surface area contributed by atoms with E-state index in [9.17, 15) is 19.3 Å². The summed E-state index contributed by atoms with van der Waals surface area (Å²) in [4.78, 5) is 4.46. The van der Waals surface area contributed by atoms with Gasteiger partial charge in [0.25, 0.3) is 0 Å². The Morgan fingerprint density at radius 3 is 1.20 bits per heavy atom. The van der Waals surface area contributed by atoms with E-state index in [0.29, 0.717) is 11.1 Å². The van der Waals surface area contributed by atoms with Crippen LogP contribution in [0.2, 0.25) is 0 Å². The van der Waals surface area contributed by atoms with Crippen molar-refractivity contribution in [3.63, 3.8) is 0 Å². The van der Waals surface area contributed by atoms with E-state index in [0.717, 1.165) is 111 Å². The predicted octanol–water partition coefficient (Wildman–Crippen LogP) is 17.7. The van der Waals surface area contributed by atoms with Gasteiger partial charge in [0, 0.05) is 66.7 Å². The van der Waals surface area contributed by atoms with Gasteiger partial charge in [0.05, 0.1) is 51.0 Å². The summed E-state index contributed by atoms with van der Waals surface area (Å²) < 4.78 is 32.6. The molecule has 0 saturated carbocycles. The standard InChI is InChI=1S/C66H40F2N6/c67-46-19-29-51(30-20-46)73-62-11-5-3-9-58(62)60-39-53(33-36-65(60)73)71(48-23-13-43(41-69)14-24-48)49-27-17-45(18-28-49)55-35-38-64(57-8-2-1-7-56(55)57)72(50-25-15-44(42-70)16-26-50)54-34-37-66-61(40-54)59-10-4-6-12-63(59)74(66)52-31-21-47(68)22-32-52/h1-40H. The van der Waals surface area contributed by atoms with Crippen molar-refractivity contribution in [2.45, 2.75) is 0 Å². The zero-order valence-corrected chi connectivity index (χ0v) is 39.5. The third-order valence-electron chi connectivity index (χ3n) is 14.1. The molecule has 0 fully saturated rings. The largest absolute Gasteiger partial charge is 0.310 e. The Morgan fingerprint density at radius 1 is 0.324 bits per heavy atom. The summed E-state index contributed by atoms with van der Waals surface area (Å²) in [6, 6.07) is 84.0. The van der Waals surface area contributed by atoms with E-state index in [2.05, 4.69) is 152 Å². The zero-order chi connectivity index (χ0) is 49.9. The number of benzene rings is 11. The van der Waals surface area contributed by atoms with Crippen LogP contribution in [0.25, 0.3) is 76.9 Å². The number of hydrogen-bond donors (Lipinski definition) is 0. The van der Waals surface area contributed by atoms with E-state index in [1.165, 1.54) is 24.3 Å². The fraction of sp³-hybridized carbons (Fsp3) is 0. The Balaban J connectivity index is 0.925. The van der Waals surface area contributed by atoms with E-state index >= 15 is 0 Å². The highest BCUT2D eigenvalue weighted by Crippen LogP contribution is 2.46. The fourth-order valence-electron chi connectivity index (χ4n) is 10.7. The monoisotopic (exact) mass is 954 g/mol. The molecule has 0 aliphatic rings. The molecular formula is C66H40F2N6. The lowest BCUT2D eigenvalue weighted by Gasteiger charge is -2.28. The summed E-state index contributed by atoms with van der Waals surface area (Å²) in [7, 11) is 0. The summed E-state index contributed by atoms with van der Waals surface area (Å²) in [5.41, 5.74) is 14.6. The average Bonchev–Trinajstić information content (AvgIpc) is 3.96. The van der Waals surface area contributed by atoms with Crippen LogP contribution in [0.5, 0.6) is 0 Å². The summed E-state index contributed by atoms with van der Waals surface area (Å²) >= 11 is 0. The smallest absolute Gasteiger partial charge is 0.123 e. The molecule has 0 N–H and O–H groups in total. The molecule has 2 heterocycles. The van der Waals surface area contributed by atoms with Crippen molar-refractivity contribution in [1.29, 1.82) is 10.5 Å². The second kappa shape index (κ2) is 17.8. The molecule has 2 aromatic heterocycles. The van der Waals surface area contributed by atoms with Gasteiger partial charge in [-0.25, -0.2) is 8.78 Å². The van der Waals surface area contributed by atoms with E-state index in [-0.39, 0.29) is 11.6 Å². The van der Waals surface area contributed by atoms with Crippen LogP contribution >= 0.6 is 0 Å². The Hall–Kier alpha value is -10.3. The van der Waals surface area contributed by atoms with Crippen molar-refractivity contribution in [2.24, 2.45) is 0 Å². The van der Waals surface area contributed by atoms with Crippen molar-refractivity contribution in [3.05, 3.63) is 265 Å². The van der Waals surface area contributed by atoms with Crippen LogP contribution in [-0.4, -0.2) is 9.13 Å². The van der Waals surface area contributed by atoms with Crippen LogP contribution in [0.1, 0.15) is 11.1 Å². The maximum Gasteiger partial charge on any atom is 0.123 e. The number of nitriles is 2. The predicted molar refractivity (Wildman–Crippen MR) is 297 cm³/mol. The van der Waals surface area contributed by atoms with E-state index in [1.807, 2.05) is 84.9 Å². The molecule has 13 rings (SSSR count). The number of hydrogen-bond acceptors (Lipinski definition) is 4. The lowest BCUT2D eigenvalue weighted by Crippen LogP contribution is -2.11. The third-order valence-corrected chi connectivity index (χ3v) is 14.1. The number of para-hydroxylation sites is 2. The molecule has 11 aromatic carbocycles. The SMILES string of the molecule is N#Cc1ccc(N(c2ccc(-c3ccc(N(c4ccc(C#N)cc4)c4ccc5c(c4)c4ccccc4n5-c4ccc(F)cc4)c4ccccc34)cc2)c2ccc3c(c2)c2ccccc2n3-c2ccc(F)cc2)cc1. The van der Waals surface area contributed by atoms with Crippen LogP contribution in [0.4, 0.5) is 42.9 Å². The maximum atomic E-state index is 14.2. The van der Waals surface area contributed by atoms with Gasteiger partial charge in [-0.05, 0) is 180 Å². The quantitative estimate of drug-likeness (QED) is 0.145. The van der Waals surface area contributed by atoms with Gasteiger partial charge in [-0.1, -0.05) is 78.9 Å². The topological polar surface area (TPSA) is 63.9 Å². The number of fused-ring (bicyclic) bond motifs is 7. The highest BCUT2D eigenvalue weighted by molar-refractivity contribution is 6.13. The highest BCUT2D eigenvalue weighted by atomic mass is 19.1.